The number of rotatable bonds is 6. The van der Waals surface area contributed by atoms with E-state index in [2.05, 4.69) is 11.6 Å². The van der Waals surface area contributed by atoms with Crippen molar-refractivity contribution in [2.45, 2.75) is 6.42 Å². The predicted molar refractivity (Wildman–Crippen MR) is 110 cm³/mol. The van der Waals surface area contributed by atoms with E-state index in [1.165, 1.54) is 26.4 Å². The number of nitrogens with zero attached hydrogens (tertiary/aromatic N) is 1. The molecule has 1 aliphatic heterocycles. The van der Waals surface area contributed by atoms with Gasteiger partial charge in [-0.2, -0.15) is 0 Å². The van der Waals surface area contributed by atoms with Gasteiger partial charge in [-0.05, 0) is 12.5 Å². The van der Waals surface area contributed by atoms with Crippen LogP contribution < -0.4 is 24.4 Å². The molecule has 1 aromatic heterocycles. The number of benzene rings is 2. The van der Waals surface area contributed by atoms with E-state index in [1.54, 1.807) is 18.2 Å². The summed E-state index contributed by atoms with van der Waals surface area (Å²) < 4.78 is 21.3. The van der Waals surface area contributed by atoms with Crippen LogP contribution in [0.15, 0.2) is 41.7 Å². The van der Waals surface area contributed by atoms with E-state index < -0.39 is 4.92 Å². The third kappa shape index (κ3) is 3.00. The smallest absolute Gasteiger partial charge is 0.282 e. The maximum atomic E-state index is 13.3. The van der Waals surface area contributed by atoms with Crippen molar-refractivity contribution in [3.63, 3.8) is 0 Å². The van der Waals surface area contributed by atoms with Gasteiger partial charge in [-0.1, -0.05) is 6.08 Å². The number of H-pyrrole nitrogens is 1. The highest BCUT2D eigenvalue weighted by Gasteiger charge is 2.27. The van der Waals surface area contributed by atoms with E-state index in [0.29, 0.717) is 39.4 Å². The summed E-state index contributed by atoms with van der Waals surface area (Å²) in [5, 5.41) is 12.1. The van der Waals surface area contributed by atoms with Crippen LogP contribution in [0, 0.1) is 10.1 Å². The molecule has 9 heteroatoms. The predicted octanol–water partition coefficient (Wildman–Crippen LogP) is 3.58. The standard InChI is InChI=1S/C21H18N2O7/c1-4-5-11-20(13-7-18-19(30-10-29-18)9-15(13)23(25)26)22-14-8-17(28-3)16(27-2)6-12(14)21(11)24/h4,6-9H,1,5,10H2,2-3H3,(H,22,24). The first-order chi connectivity index (χ1) is 14.5. The second-order valence-corrected chi connectivity index (χ2v) is 6.53. The lowest BCUT2D eigenvalue weighted by Crippen LogP contribution is -2.13. The number of aromatic nitrogens is 1. The molecule has 0 saturated heterocycles. The number of nitro benzene ring substituents is 1. The molecule has 4 rings (SSSR count). The minimum Gasteiger partial charge on any atom is -0.493 e. The third-order valence-electron chi connectivity index (χ3n) is 4.91. The average molecular weight is 410 g/mol. The molecule has 30 heavy (non-hydrogen) atoms. The summed E-state index contributed by atoms with van der Waals surface area (Å²) in [6.07, 6.45) is 1.78. The van der Waals surface area contributed by atoms with E-state index in [-0.39, 0.29) is 35.6 Å². The fraction of sp³-hybridized carbons (Fsp3) is 0.190. The van der Waals surface area contributed by atoms with E-state index in [4.69, 9.17) is 18.9 Å². The van der Waals surface area contributed by atoms with Crippen molar-refractivity contribution in [3.8, 4) is 34.3 Å². The number of ether oxygens (including phenoxy) is 4. The summed E-state index contributed by atoms with van der Waals surface area (Å²) in [7, 11) is 2.96. The van der Waals surface area contributed by atoms with Gasteiger partial charge < -0.3 is 23.9 Å². The lowest BCUT2D eigenvalue weighted by atomic mass is 9.98. The summed E-state index contributed by atoms with van der Waals surface area (Å²) in [4.78, 5) is 27.7. The minimum atomic E-state index is -0.522. The molecule has 9 nitrogen and oxygen atoms in total. The molecule has 0 radical (unpaired) electrons. The van der Waals surface area contributed by atoms with Gasteiger partial charge in [0, 0.05) is 23.1 Å². The van der Waals surface area contributed by atoms with Crippen LogP contribution >= 0.6 is 0 Å². The third-order valence-corrected chi connectivity index (χ3v) is 4.91. The Morgan fingerprint density at radius 3 is 2.47 bits per heavy atom. The molecule has 2 heterocycles. The van der Waals surface area contributed by atoms with E-state index >= 15 is 0 Å². The molecule has 0 amide bonds. The molecule has 0 spiro atoms. The monoisotopic (exact) mass is 410 g/mol. The minimum absolute atomic E-state index is 0.0271. The highest BCUT2D eigenvalue weighted by molar-refractivity contribution is 5.88. The largest absolute Gasteiger partial charge is 0.493 e. The molecule has 1 aliphatic rings. The van der Waals surface area contributed by atoms with Gasteiger partial charge in [-0.25, -0.2) is 0 Å². The Morgan fingerprint density at radius 1 is 1.17 bits per heavy atom. The van der Waals surface area contributed by atoms with Gasteiger partial charge in [0.05, 0.1) is 42.0 Å². The Kier molecular flexibility index (Phi) is 4.78. The number of methoxy groups -OCH3 is 2. The fourth-order valence-electron chi connectivity index (χ4n) is 3.51. The molecular weight excluding hydrogens is 392 g/mol. The van der Waals surface area contributed by atoms with Gasteiger partial charge in [-0.3, -0.25) is 14.9 Å². The lowest BCUT2D eigenvalue weighted by Gasteiger charge is -2.14. The number of hydrogen-bond donors (Lipinski definition) is 1. The normalized spacial score (nSPS) is 12.1. The van der Waals surface area contributed by atoms with Crippen LogP contribution in [0.5, 0.6) is 23.0 Å². The summed E-state index contributed by atoms with van der Waals surface area (Å²) >= 11 is 0. The highest BCUT2D eigenvalue weighted by atomic mass is 16.7. The van der Waals surface area contributed by atoms with Crippen molar-refractivity contribution in [1.82, 2.24) is 4.98 Å². The SMILES string of the molecule is C=CCc1c(-c2cc3c(cc2[N+](=O)[O-])OCO3)[nH]c2cc(OC)c(OC)cc2c1=O. The van der Waals surface area contributed by atoms with E-state index in [9.17, 15) is 14.9 Å². The Bertz CT molecular complexity index is 1250. The van der Waals surface area contributed by atoms with Crippen LogP contribution in [0.4, 0.5) is 5.69 Å². The summed E-state index contributed by atoms with van der Waals surface area (Å²) in [5.74, 6) is 1.48. The molecule has 2 aromatic carbocycles. The maximum Gasteiger partial charge on any atom is 0.282 e. The summed E-state index contributed by atoms with van der Waals surface area (Å²) in [6.45, 7) is 3.69. The molecule has 0 atom stereocenters. The van der Waals surface area contributed by atoms with Crippen LogP contribution in [0.25, 0.3) is 22.2 Å². The van der Waals surface area contributed by atoms with Crippen LogP contribution in [0.3, 0.4) is 0 Å². The zero-order valence-corrected chi connectivity index (χ0v) is 16.3. The first-order valence-corrected chi connectivity index (χ1v) is 8.98. The Labute approximate surface area is 170 Å². The second-order valence-electron chi connectivity index (χ2n) is 6.53. The summed E-state index contributed by atoms with van der Waals surface area (Å²) in [6, 6.07) is 6.00. The van der Waals surface area contributed by atoms with Crippen molar-refractivity contribution in [1.29, 1.82) is 0 Å². The first-order valence-electron chi connectivity index (χ1n) is 8.98. The van der Waals surface area contributed by atoms with Crippen molar-refractivity contribution in [3.05, 3.63) is 62.8 Å². The quantitative estimate of drug-likeness (QED) is 0.375. The van der Waals surface area contributed by atoms with Crippen LogP contribution in [-0.4, -0.2) is 30.9 Å². The van der Waals surface area contributed by atoms with Crippen molar-refractivity contribution in [2.75, 3.05) is 21.0 Å². The lowest BCUT2D eigenvalue weighted by molar-refractivity contribution is -0.384. The van der Waals surface area contributed by atoms with Crippen molar-refractivity contribution in [2.24, 2.45) is 0 Å². The van der Waals surface area contributed by atoms with Crippen LogP contribution in [0.2, 0.25) is 0 Å². The number of nitrogens with one attached hydrogen (secondary N) is 1. The van der Waals surface area contributed by atoms with Crippen LogP contribution in [0.1, 0.15) is 5.56 Å². The van der Waals surface area contributed by atoms with Crippen molar-refractivity contribution < 1.29 is 23.9 Å². The second kappa shape index (κ2) is 7.43. The number of fused-ring (bicyclic) bond motifs is 2. The van der Waals surface area contributed by atoms with E-state index in [1.807, 2.05) is 0 Å². The number of nitro groups is 1. The zero-order chi connectivity index (χ0) is 21.4. The first kappa shape index (κ1) is 19.3. The van der Waals surface area contributed by atoms with Gasteiger partial charge in [0.1, 0.15) is 0 Å². The molecule has 1 N–H and O–H groups in total. The van der Waals surface area contributed by atoms with Gasteiger partial charge in [0.15, 0.2) is 28.4 Å². The van der Waals surface area contributed by atoms with Gasteiger partial charge in [0.2, 0.25) is 6.79 Å². The van der Waals surface area contributed by atoms with Crippen molar-refractivity contribution >= 4 is 16.6 Å². The topological polar surface area (TPSA) is 113 Å². The fourth-order valence-corrected chi connectivity index (χ4v) is 3.51. The average Bonchev–Trinajstić information content (AvgIpc) is 3.21. The van der Waals surface area contributed by atoms with Gasteiger partial charge >= 0.3 is 0 Å². The number of aromatic amines is 1. The zero-order valence-electron chi connectivity index (χ0n) is 16.3. The van der Waals surface area contributed by atoms with Gasteiger partial charge in [-0.15, -0.1) is 6.58 Å². The van der Waals surface area contributed by atoms with Crippen LogP contribution in [-0.2, 0) is 6.42 Å². The molecular formula is C21H18N2O7. The number of hydrogen-bond acceptors (Lipinski definition) is 7. The number of allylic oxidation sites excluding steroid dienone is 1. The van der Waals surface area contributed by atoms with Gasteiger partial charge in [0.25, 0.3) is 5.69 Å². The Morgan fingerprint density at radius 2 is 1.83 bits per heavy atom. The number of pyridine rings is 1. The molecule has 0 aliphatic carbocycles. The molecule has 0 unspecified atom stereocenters. The Hall–Kier alpha value is -4.01. The molecule has 154 valence electrons. The molecule has 0 bridgehead atoms. The summed E-state index contributed by atoms with van der Waals surface area (Å²) in [5.41, 5.74) is 0.824. The maximum absolute atomic E-state index is 13.3. The Balaban J connectivity index is 2.08. The molecule has 0 fully saturated rings. The molecule has 0 saturated carbocycles. The van der Waals surface area contributed by atoms with E-state index in [0.717, 1.165) is 0 Å². The molecule has 3 aromatic rings. The highest BCUT2D eigenvalue weighted by Crippen LogP contribution is 2.43.